The number of rotatable bonds is 7. The van der Waals surface area contributed by atoms with E-state index in [4.69, 9.17) is 10.5 Å². The van der Waals surface area contributed by atoms with Crippen LogP contribution < -0.4 is 10.6 Å². The van der Waals surface area contributed by atoms with Crippen molar-refractivity contribution in [3.8, 4) is 0 Å². The summed E-state index contributed by atoms with van der Waals surface area (Å²) in [7, 11) is 0. The summed E-state index contributed by atoms with van der Waals surface area (Å²) in [6.45, 7) is 8.40. The van der Waals surface area contributed by atoms with E-state index >= 15 is 0 Å². The molecule has 0 saturated carbocycles. The normalized spacial score (nSPS) is 11.4. The lowest BCUT2D eigenvalue weighted by Crippen LogP contribution is -2.22. The van der Waals surface area contributed by atoms with Crippen LogP contribution in [0.2, 0.25) is 0 Å². The van der Waals surface area contributed by atoms with Crippen molar-refractivity contribution < 1.29 is 9.53 Å². The molecule has 4 nitrogen and oxygen atoms in total. The van der Waals surface area contributed by atoms with E-state index in [-0.39, 0.29) is 30.8 Å². The predicted molar refractivity (Wildman–Crippen MR) is 85.4 cm³/mol. The Morgan fingerprint density at radius 2 is 1.75 bits per heavy atom. The second-order valence-electron chi connectivity index (χ2n) is 4.38. The highest BCUT2D eigenvalue weighted by Crippen LogP contribution is 2.20. The summed E-state index contributed by atoms with van der Waals surface area (Å²) in [5.74, 6) is -0.247. The van der Waals surface area contributed by atoms with Gasteiger partial charge in [-0.2, -0.15) is 0 Å². The first-order valence-electron chi connectivity index (χ1n) is 6.88. The summed E-state index contributed by atoms with van der Waals surface area (Å²) in [4.78, 5) is 13.6. The molecule has 0 aliphatic heterocycles. The molecule has 1 aromatic rings. The van der Waals surface area contributed by atoms with Gasteiger partial charge in [0.1, 0.15) is 0 Å². The van der Waals surface area contributed by atoms with E-state index in [1.54, 1.807) is 6.92 Å². The van der Waals surface area contributed by atoms with Gasteiger partial charge in [0, 0.05) is 24.8 Å². The number of halogens is 1. The zero-order valence-electron chi connectivity index (χ0n) is 12.5. The van der Waals surface area contributed by atoms with Crippen LogP contribution in [0.4, 0.5) is 5.69 Å². The Balaban J connectivity index is 0.00000361. The van der Waals surface area contributed by atoms with Crippen molar-refractivity contribution in [2.75, 3.05) is 24.6 Å². The van der Waals surface area contributed by atoms with Crippen LogP contribution in [0.1, 0.15) is 38.8 Å². The Labute approximate surface area is 127 Å². The third-order valence-corrected chi connectivity index (χ3v) is 3.14. The quantitative estimate of drug-likeness (QED) is 0.787. The van der Waals surface area contributed by atoms with Crippen molar-refractivity contribution >= 4 is 24.1 Å². The van der Waals surface area contributed by atoms with Crippen molar-refractivity contribution in [1.29, 1.82) is 0 Å². The molecular formula is C15H25ClN2O2. The molecule has 5 heteroatoms. The summed E-state index contributed by atoms with van der Waals surface area (Å²) in [5.41, 5.74) is 8.14. The monoisotopic (exact) mass is 300 g/mol. The van der Waals surface area contributed by atoms with Crippen LogP contribution >= 0.6 is 12.4 Å². The van der Waals surface area contributed by atoms with Gasteiger partial charge in [-0.15, -0.1) is 12.4 Å². The van der Waals surface area contributed by atoms with E-state index in [1.807, 2.05) is 24.3 Å². The molecule has 0 heterocycles. The molecular weight excluding hydrogens is 276 g/mol. The Kier molecular flexibility index (Phi) is 9.01. The van der Waals surface area contributed by atoms with E-state index in [9.17, 15) is 4.79 Å². The predicted octanol–water partition coefficient (Wildman–Crippen LogP) is 2.91. The molecule has 0 saturated heterocycles. The number of esters is 1. The third-order valence-electron chi connectivity index (χ3n) is 3.14. The summed E-state index contributed by atoms with van der Waals surface area (Å²) < 4.78 is 4.90. The molecule has 0 spiro atoms. The molecule has 0 unspecified atom stereocenters. The lowest BCUT2D eigenvalue weighted by molar-refractivity contribution is -0.143. The number of hydrogen-bond donors (Lipinski definition) is 1. The maximum Gasteiger partial charge on any atom is 0.307 e. The second kappa shape index (κ2) is 9.61. The minimum absolute atomic E-state index is 0. The fourth-order valence-electron chi connectivity index (χ4n) is 2.04. The molecule has 114 valence electrons. The molecule has 1 atom stereocenters. The van der Waals surface area contributed by atoms with Crippen LogP contribution in [-0.2, 0) is 9.53 Å². The zero-order chi connectivity index (χ0) is 14.3. The molecule has 20 heavy (non-hydrogen) atoms. The maximum atomic E-state index is 11.4. The molecule has 0 radical (unpaired) electrons. The highest BCUT2D eigenvalue weighted by Gasteiger charge is 2.12. The summed E-state index contributed by atoms with van der Waals surface area (Å²) in [6.07, 6.45) is 0.221. The first-order valence-corrected chi connectivity index (χ1v) is 6.88. The van der Waals surface area contributed by atoms with Crippen molar-refractivity contribution in [2.24, 2.45) is 5.73 Å². The van der Waals surface area contributed by atoms with Gasteiger partial charge in [-0.1, -0.05) is 12.1 Å². The fraction of sp³-hybridized carbons (Fsp3) is 0.533. The summed E-state index contributed by atoms with van der Waals surface area (Å²) in [5, 5.41) is 0. The SMILES string of the molecule is CCOC(=O)C[C@H](N)c1ccc(N(CC)CC)cc1.Cl. The average Bonchev–Trinajstić information content (AvgIpc) is 2.41. The third kappa shape index (κ3) is 5.39. The van der Waals surface area contributed by atoms with Crippen LogP contribution in [0.15, 0.2) is 24.3 Å². The van der Waals surface area contributed by atoms with Gasteiger partial charge >= 0.3 is 5.97 Å². The van der Waals surface area contributed by atoms with Crippen LogP contribution in [0, 0.1) is 0 Å². The van der Waals surface area contributed by atoms with E-state index in [1.165, 1.54) is 5.69 Å². The number of benzene rings is 1. The molecule has 0 aliphatic rings. The van der Waals surface area contributed by atoms with E-state index in [0.29, 0.717) is 6.61 Å². The standard InChI is InChI=1S/C15H24N2O2.ClH/c1-4-17(5-2)13-9-7-12(8-10-13)14(16)11-15(18)19-6-3;/h7-10,14H,4-6,11,16H2,1-3H3;1H/t14-;/m0./s1. The van der Waals surface area contributed by atoms with Gasteiger partial charge in [0.2, 0.25) is 0 Å². The Bertz CT molecular complexity index is 391. The fourth-order valence-corrected chi connectivity index (χ4v) is 2.04. The van der Waals surface area contributed by atoms with Gasteiger partial charge in [-0.25, -0.2) is 0 Å². The second-order valence-corrected chi connectivity index (χ2v) is 4.38. The van der Waals surface area contributed by atoms with Crippen LogP contribution in [0.5, 0.6) is 0 Å². The van der Waals surface area contributed by atoms with E-state index in [0.717, 1.165) is 18.7 Å². The molecule has 1 rings (SSSR count). The van der Waals surface area contributed by atoms with E-state index in [2.05, 4.69) is 18.7 Å². The molecule has 0 amide bonds. The number of hydrogen-bond acceptors (Lipinski definition) is 4. The molecule has 2 N–H and O–H groups in total. The number of nitrogens with two attached hydrogens (primary N) is 1. The number of carbonyl (C=O) groups is 1. The van der Waals surface area contributed by atoms with Gasteiger partial charge < -0.3 is 15.4 Å². The largest absolute Gasteiger partial charge is 0.466 e. The van der Waals surface area contributed by atoms with Crippen LogP contribution in [-0.4, -0.2) is 25.7 Å². The van der Waals surface area contributed by atoms with Gasteiger partial charge in [0.05, 0.1) is 13.0 Å². The highest BCUT2D eigenvalue weighted by molar-refractivity contribution is 5.85. The van der Waals surface area contributed by atoms with Crippen LogP contribution in [0.3, 0.4) is 0 Å². The molecule has 0 aromatic heterocycles. The Hall–Kier alpha value is -1.26. The smallest absolute Gasteiger partial charge is 0.307 e. The Morgan fingerprint density at radius 1 is 1.20 bits per heavy atom. The van der Waals surface area contributed by atoms with Crippen LogP contribution in [0.25, 0.3) is 0 Å². The zero-order valence-corrected chi connectivity index (χ0v) is 13.3. The van der Waals surface area contributed by atoms with Gasteiger partial charge in [0.15, 0.2) is 0 Å². The number of carbonyl (C=O) groups excluding carboxylic acids is 1. The molecule has 0 aliphatic carbocycles. The van der Waals surface area contributed by atoms with Crippen molar-refractivity contribution in [1.82, 2.24) is 0 Å². The lowest BCUT2D eigenvalue weighted by atomic mass is 10.0. The summed E-state index contributed by atoms with van der Waals surface area (Å²) in [6, 6.07) is 7.76. The summed E-state index contributed by atoms with van der Waals surface area (Å²) >= 11 is 0. The maximum absolute atomic E-state index is 11.4. The number of ether oxygens (including phenoxy) is 1. The van der Waals surface area contributed by atoms with E-state index < -0.39 is 0 Å². The molecule has 0 bridgehead atoms. The van der Waals surface area contributed by atoms with Gasteiger partial charge in [-0.05, 0) is 38.5 Å². The van der Waals surface area contributed by atoms with Crippen molar-refractivity contribution in [2.45, 2.75) is 33.2 Å². The minimum Gasteiger partial charge on any atom is -0.466 e. The topological polar surface area (TPSA) is 55.6 Å². The first kappa shape index (κ1) is 18.7. The lowest BCUT2D eigenvalue weighted by Gasteiger charge is -2.21. The Morgan fingerprint density at radius 3 is 2.20 bits per heavy atom. The highest BCUT2D eigenvalue weighted by atomic mass is 35.5. The molecule has 1 aromatic carbocycles. The van der Waals surface area contributed by atoms with Gasteiger partial charge in [-0.3, -0.25) is 4.79 Å². The first-order chi connectivity index (χ1) is 9.12. The van der Waals surface area contributed by atoms with Crippen molar-refractivity contribution in [3.05, 3.63) is 29.8 Å². The number of anilines is 1. The van der Waals surface area contributed by atoms with Crippen molar-refractivity contribution in [3.63, 3.8) is 0 Å². The number of nitrogens with zero attached hydrogens (tertiary/aromatic N) is 1. The van der Waals surface area contributed by atoms with Gasteiger partial charge in [0.25, 0.3) is 0 Å². The minimum atomic E-state index is -0.301. The average molecular weight is 301 g/mol. The molecule has 0 fully saturated rings.